The van der Waals surface area contributed by atoms with Crippen LogP contribution in [0.2, 0.25) is 0 Å². The van der Waals surface area contributed by atoms with E-state index in [0.29, 0.717) is 26.2 Å². The van der Waals surface area contributed by atoms with Gasteiger partial charge in [-0.25, -0.2) is 17.2 Å². The number of carbonyl (C=O) groups excluding carboxylic acids is 1. The zero-order valence-corrected chi connectivity index (χ0v) is 17.6. The van der Waals surface area contributed by atoms with E-state index < -0.39 is 26.6 Å². The van der Waals surface area contributed by atoms with Crippen LogP contribution in [-0.4, -0.2) is 77.3 Å². The van der Waals surface area contributed by atoms with Gasteiger partial charge in [-0.15, -0.1) is 5.10 Å². The minimum atomic E-state index is -4.25. The van der Waals surface area contributed by atoms with Crippen LogP contribution >= 0.6 is 0 Å². The van der Waals surface area contributed by atoms with Gasteiger partial charge in [-0.3, -0.25) is 14.4 Å². The monoisotopic (exact) mass is 442 g/mol. The summed E-state index contributed by atoms with van der Waals surface area (Å²) in [7, 11) is -4.25. The third-order valence-electron chi connectivity index (χ3n) is 4.68. The zero-order chi connectivity index (χ0) is 21.9. The van der Waals surface area contributed by atoms with Crippen molar-refractivity contribution in [3.8, 4) is 0 Å². The third-order valence-corrected chi connectivity index (χ3v) is 6.64. The molecule has 9 nitrogen and oxygen atoms in total. The molecule has 1 amide bonds. The summed E-state index contributed by atoms with van der Waals surface area (Å²) in [4.78, 5) is 13.0. The van der Waals surface area contributed by atoms with Crippen molar-refractivity contribution in [2.75, 3.05) is 32.7 Å². The number of rotatable bonds is 7. The van der Waals surface area contributed by atoms with Crippen molar-refractivity contribution < 1.29 is 22.0 Å². The smallest absolute Gasteiger partial charge is 0.273 e. The van der Waals surface area contributed by atoms with Crippen molar-refractivity contribution >= 4 is 15.9 Å². The number of nitrogens with one attached hydrogen (secondary N) is 1. The molecule has 1 saturated heterocycles. The molecule has 0 bridgehead atoms. The predicted molar refractivity (Wildman–Crippen MR) is 104 cm³/mol. The van der Waals surface area contributed by atoms with Crippen LogP contribution in [0.1, 0.15) is 24.3 Å². The van der Waals surface area contributed by atoms with Gasteiger partial charge in [-0.05, 0) is 26.0 Å². The van der Waals surface area contributed by atoms with E-state index in [2.05, 4.69) is 15.6 Å². The first kappa shape index (κ1) is 22.2. The van der Waals surface area contributed by atoms with Crippen LogP contribution in [0.15, 0.2) is 29.3 Å². The average molecular weight is 442 g/mol. The molecule has 0 atom stereocenters. The lowest BCUT2D eigenvalue weighted by Crippen LogP contribution is -2.49. The van der Waals surface area contributed by atoms with Crippen molar-refractivity contribution in [2.24, 2.45) is 0 Å². The molecule has 2 aromatic rings. The lowest BCUT2D eigenvalue weighted by atomic mass is 10.3. The van der Waals surface area contributed by atoms with Crippen LogP contribution in [0.25, 0.3) is 0 Å². The topological polar surface area (TPSA) is 100 Å². The largest absolute Gasteiger partial charge is 0.348 e. The van der Waals surface area contributed by atoms with Gasteiger partial charge in [0.25, 0.3) is 5.91 Å². The third kappa shape index (κ3) is 4.99. The molecule has 1 aromatic heterocycles. The van der Waals surface area contributed by atoms with E-state index in [4.69, 9.17) is 0 Å². The minimum absolute atomic E-state index is 0.00643. The van der Waals surface area contributed by atoms with E-state index in [9.17, 15) is 22.0 Å². The van der Waals surface area contributed by atoms with Crippen LogP contribution in [0.3, 0.4) is 0 Å². The van der Waals surface area contributed by atoms with Crippen molar-refractivity contribution in [1.82, 2.24) is 29.5 Å². The van der Waals surface area contributed by atoms with E-state index in [-0.39, 0.29) is 30.7 Å². The second-order valence-corrected chi connectivity index (χ2v) is 9.17. The van der Waals surface area contributed by atoms with Gasteiger partial charge in [0.1, 0.15) is 11.6 Å². The molecule has 164 valence electrons. The highest BCUT2D eigenvalue weighted by molar-refractivity contribution is 7.89. The first-order valence-corrected chi connectivity index (χ1v) is 11.0. The second kappa shape index (κ2) is 9.14. The second-order valence-electron chi connectivity index (χ2n) is 7.29. The van der Waals surface area contributed by atoms with Crippen molar-refractivity contribution in [2.45, 2.75) is 31.3 Å². The van der Waals surface area contributed by atoms with Crippen LogP contribution in [0, 0.1) is 11.6 Å². The number of hydrogen-bond donors (Lipinski definition) is 1. The average Bonchev–Trinajstić information content (AvgIpc) is 3.15. The maximum absolute atomic E-state index is 13.9. The normalized spacial score (nSPS) is 16.2. The summed E-state index contributed by atoms with van der Waals surface area (Å²) < 4.78 is 55.7. The Morgan fingerprint density at radius 3 is 2.37 bits per heavy atom. The lowest BCUT2D eigenvalue weighted by molar-refractivity contribution is 0.0938. The zero-order valence-electron chi connectivity index (χ0n) is 16.8. The first-order valence-electron chi connectivity index (χ1n) is 9.56. The number of sulfonamides is 1. The van der Waals surface area contributed by atoms with Gasteiger partial charge in [0, 0.05) is 38.8 Å². The van der Waals surface area contributed by atoms with Crippen LogP contribution in [-0.2, 0) is 16.6 Å². The standard InChI is InChI=1S/C18H24F2N6O3S/c1-13(2)21-18(27)16-12-25(23-22-16)9-6-24-7-10-26(11-8-24)30(28,29)17-14(19)4-3-5-15(17)20/h3-5,12-13H,6-11H2,1-2H3,(H,21,27). The Morgan fingerprint density at radius 1 is 1.13 bits per heavy atom. The maximum atomic E-state index is 13.9. The molecule has 0 spiro atoms. The first-order chi connectivity index (χ1) is 14.2. The Hall–Kier alpha value is -2.44. The van der Waals surface area contributed by atoms with Gasteiger partial charge >= 0.3 is 0 Å². The maximum Gasteiger partial charge on any atom is 0.273 e. The number of hydrogen-bond acceptors (Lipinski definition) is 6. The number of amides is 1. The molecular formula is C18H24F2N6O3S. The lowest BCUT2D eigenvalue weighted by Gasteiger charge is -2.33. The highest BCUT2D eigenvalue weighted by atomic mass is 32.2. The van der Waals surface area contributed by atoms with Crippen LogP contribution < -0.4 is 5.32 Å². The molecule has 0 unspecified atom stereocenters. The Kier molecular flexibility index (Phi) is 6.78. The van der Waals surface area contributed by atoms with Gasteiger partial charge < -0.3 is 5.32 Å². The summed E-state index contributed by atoms with van der Waals surface area (Å²) in [5, 5.41) is 10.5. The van der Waals surface area contributed by atoms with Gasteiger partial charge in [0.05, 0.1) is 12.7 Å². The molecule has 3 rings (SSSR count). The van der Waals surface area contributed by atoms with Gasteiger partial charge in [-0.1, -0.05) is 11.3 Å². The molecule has 0 radical (unpaired) electrons. The minimum Gasteiger partial charge on any atom is -0.348 e. The highest BCUT2D eigenvalue weighted by Crippen LogP contribution is 2.23. The number of piperazine rings is 1. The molecule has 1 fully saturated rings. The van der Waals surface area contributed by atoms with E-state index in [0.717, 1.165) is 22.5 Å². The number of halogens is 2. The fraction of sp³-hybridized carbons (Fsp3) is 0.500. The van der Waals surface area contributed by atoms with Crippen molar-refractivity contribution in [3.05, 3.63) is 41.7 Å². The van der Waals surface area contributed by atoms with Gasteiger partial charge in [0.15, 0.2) is 10.6 Å². The Bertz CT molecular complexity index is 983. The van der Waals surface area contributed by atoms with Gasteiger partial charge in [0.2, 0.25) is 10.0 Å². The molecule has 1 aromatic carbocycles. The molecular weight excluding hydrogens is 418 g/mol. The number of aromatic nitrogens is 3. The molecule has 1 N–H and O–H groups in total. The quantitative estimate of drug-likeness (QED) is 0.678. The summed E-state index contributed by atoms with van der Waals surface area (Å²) in [6, 6.07) is 2.98. The summed E-state index contributed by atoms with van der Waals surface area (Å²) in [6.45, 7) is 5.79. The highest BCUT2D eigenvalue weighted by Gasteiger charge is 2.33. The number of nitrogens with zero attached hydrogens (tertiary/aromatic N) is 5. The number of carbonyl (C=O) groups is 1. The van der Waals surface area contributed by atoms with E-state index in [1.165, 1.54) is 0 Å². The van der Waals surface area contributed by atoms with Crippen LogP contribution in [0.5, 0.6) is 0 Å². The molecule has 0 saturated carbocycles. The predicted octanol–water partition coefficient (Wildman–Crippen LogP) is 0.701. The fourth-order valence-corrected chi connectivity index (χ4v) is 4.67. The summed E-state index contributed by atoms with van der Waals surface area (Å²) in [5.74, 6) is -2.49. The molecule has 2 heterocycles. The summed E-state index contributed by atoms with van der Waals surface area (Å²) in [6.07, 6.45) is 1.55. The summed E-state index contributed by atoms with van der Waals surface area (Å²) >= 11 is 0. The molecule has 12 heteroatoms. The Morgan fingerprint density at radius 2 is 1.77 bits per heavy atom. The number of benzene rings is 1. The molecule has 30 heavy (non-hydrogen) atoms. The van der Waals surface area contributed by atoms with Crippen LogP contribution in [0.4, 0.5) is 8.78 Å². The Balaban J connectivity index is 1.54. The van der Waals surface area contributed by atoms with Crippen molar-refractivity contribution in [1.29, 1.82) is 0 Å². The molecule has 0 aliphatic carbocycles. The van der Waals surface area contributed by atoms with Gasteiger partial charge in [-0.2, -0.15) is 4.31 Å². The molecule has 1 aliphatic heterocycles. The van der Waals surface area contributed by atoms with E-state index in [1.807, 2.05) is 18.7 Å². The van der Waals surface area contributed by atoms with E-state index in [1.54, 1.807) is 10.9 Å². The molecule has 1 aliphatic rings. The Labute approximate surface area is 173 Å². The fourth-order valence-electron chi connectivity index (χ4n) is 3.14. The van der Waals surface area contributed by atoms with E-state index >= 15 is 0 Å². The van der Waals surface area contributed by atoms with Crippen molar-refractivity contribution in [3.63, 3.8) is 0 Å². The summed E-state index contributed by atoms with van der Waals surface area (Å²) in [5.41, 5.74) is 0.228. The SMILES string of the molecule is CC(C)NC(=O)c1cn(CCN2CCN(S(=O)(=O)c3c(F)cccc3F)CC2)nn1.